The first-order chi connectivity index (χ1) is 5.86. The largest absolute Gasteiger partial charge is 0.359 e. The molecule has 0 saturated heterocycles. The molecule has 0 spiro atoms. The van der Waals surface area contributed by atoms with Crippen LogP contribution in [0.15, 0.2) is 0 Å². The number of rotatable bonds is 6. The van der Waals surface area contributed by atoms with Crippen LogP contribution >= 0.6 is 0 Å². The van der Waals surface area contributed by atoms with Crippen LogP contribution in [-0.2, 0) is 9.47 Å². The van der Waals surface area contributed by atoms with Crippen molar-refractivity contribution in [2.75, 3.05) is 13.0 Å². The molecule has 0 rings (SSSR count). The fraction of sp³-hybridized carbons (Fsp3) is 1.00. The fourth-order valence-electron chi connectivity index (χ4n) is 0.656. The van der Waals surface area contributed by atoms with E-state index in [2.05, 4.69) is 26.9 Å². The summed E-state index contributed by atoms with van der Waals surface area (Å²) in [5.74, 6) is 0. The Kier molecular flexibility index (Phi) is 5.84. The molecule has 3 heteroatoms. The topological polar surface area (TPSA) is 18.5 Å². The predicted molar refractivity (Wildman–Crippen MR) is 59.6 cm³/mol. The van der Waals surface area contributed by atoms with Gasteiger partial charge in [0.1, 0.15) is 6.79 Å². The molecule has 2 nitrogen and oxygen atoms in total. The summed E-state index contributed by atoms with van der Waals surface area (Å²) in [4.78, 5) is 0. The molecule has 0 aliphatic rings. The first-order valence-corrected chi connectivity index (χ1v) is 8.34. The van der Waals surface area contributed by atoms with Crippen molar-refractivity contribution in [1.82, 2.24) is 0 Å². The molecule has 0 radical (unpaired) electrons. The summed E-state index contributed by atoms with van der Waals surface area (Å²) in [5.41, 5.74) is 0.770. The highest BCUT2D eigenvalue weighted by atomic mass is 28.3. The van der Waals surface area contributed by atoms with Crippen LogP contribution in [-0.4, -0.2) is 27.2 Å². The third-order valence-electron chi connectivity index (χ3n) is 2.52. The molecule has 0 saturated carbocycles. The van der Waals surface area contributed by atoms with Crippen molar-refractivity contribution in [3.05, 3.63) is 0 Å². The maximum atomic E-state index is 5.51. The summed E-state index contributed by atoms with van der Waals surface area (Å²) >= 11 is 0. The second kappa shape index (κ2) is 5.78. The van der Waals surface area contributed by atoms with Gasteiger partial charge in [0, 0.05) is 6.23 Å². The zero-order valence-electron chi connectivity index (χ0n) is 9.89. The summed E-state index contributed by atoms with van der Waals surface area (Å²) in [6, 6.07) is 0. The zero-order chi connectivity index (χ0) is 10.5. The number of hydrogen-bond donors (Lipinski definition) is 0. The van der Waals surface area contributed by atoms with Crippen LogP contribution in [0.25, 0.3) is 0 Å². The standard InChI is InChI=1S/C10H24O2Si/c1-9(2)12-7-11-8-13(5,6)10(3)4/h9-10H,7-8H2,1-6H3. The Morgan fingerprint density at radius 1 is 1.08 bits per heavy atom. The summed E-state index contributed by atoms with van der Waals surface area (Å²) in [5, 5.41) is 0. The molecule has 0 aromatic heterocycles. The molecule has 0 unspecified atom stereocenters. The molecular formula is C10H24O2Si. The van der Waals surface area contributed by atoms with Crippen molar-refractivity contribution in [1.29, 1.82) is 0 Å². The van der Waals surface area contributed by atoms with E-state index in [1.165, 1.54) is 0 Å². The maximum Gasteiger partial charge on any atom is 0.146 e. The lowest BCUT2D eigenvalue weighted by atomic mass is 10.5. The quantitative estimate of drug-likeness (QED) is 0.376. The minimum absolute atomic E-state index is 0.267. The van der Waals surface area contributed by atoms with Crippen molar-refractivity contribution < 1.29 is 9.47 Å². The Hall–Kier alpha value is 0.137. The second-order valence-corrected chi connectivity index (χ2v) is 10.2. The van der Waals surface area contributed by atoms with E-state index in [-0.39, 0.29) is 6.10 Å². The van der Waals surface area contributed by atoms with Crippen molar-refractivity contribution in [3.8, 4) is 0 Å². The summed E-state index contributed by atoms with van der Waals surface area (Å²) < 4.78 is 10.8. The molecule has 0 aliphatic carbocycles. The van der Waals surface area contributed by atoms with Crippen molar-refractivity contribution in [2.24, 2.45) is 0 Å². The van der Waals surface area contributed by atoms with E-state index in [9.17, 15) is 0 Å². The van der Waals surface area contributed by atoms with Gasteiger partial charge in [-0.2, -0.15) is 0 Å². The normalized spacial score (nSPS) is 12.9. The SMILES string of the molecule is CC(C)OCOC[Si](C)(C)C(C)C. The van der Waals surface area contributed by atoms with Crippen LogP contribution in [0.3, 0.4) is 0 Å². The molecule has 0 atom stereocenters. The first kappa shape index (κ1) is 13.1. The molecule has 0 aromatic rings. The van der Waals surface area contributed by atoms with Gasteiger partial charge in [0.2, 0.25) is 0 Å². The van der Waals surface area contributed by atoms with E-state index in [4.69, 9.17) is 9.47 Å². The molecule has 0 fully saturated rings. The van der Waals surface area contributed by atoms with Crippen molar-refractivity contribution in [3.63, 3.8) is 0 Å². The van der Waals surface area contributed by atoms with E-state index >= 15 is 0 Å². The van der Waals surface area contributed by atoms with Crippen LogP contribution in [0.1, 0.15) is 27.7 Å². The number of hydrogen-bond acceptors (Lipinski definition) is 2. The van der Waals surface area contributed by atoms with Crippen molar-refractivity contribution >= 4 is 8.07 Å². The average molecular weight is 204 g/mol. The van der Waals surface area contributed by atoms with Crippen LogP contribution in [0.4, 0.5) is 0 Å². The minimum atomic E-state index is -1.15. The molecule has 0 amide bonds. The van der Waals surface area contributed by atoms with Gasteiger partial charge in [-0.15, -0.1) is 0 Å². The van der Waals surface area contributed by atoms with E-state index in [1.807, 2.05) is 13.8 Å². The highest BCUT2D eigenvalue weighted by molar-refractivity contribution is 6.78. The third kappa shape index (κ3) is 6.24. The van der Waals surface area contributed by atoms with Gasteiger partial charge in [0.15, 0.2) is 0 Å². The van der Waals surface area contributed by atoms with Gasteiger partial charge in [0.25, 0.3) is 0 Å². The predicted octanol–water partition coefficient (Wildman–Crippen LogP) is 3.04. The van der Waals surface area contributed by atoms with E-state index in [0.717, 1.165) is 11.8 Å². The van der Waals surface area contributed by atoms with Gasteiger partial charge in [-0.3, -0.25) is 0 Å². The molecule has 80 valence electrons. The lowest BCUT2D eigenvalue weighted by Crippen LogP contribution is -2.36. The molecule has 0 N–H and O–H groups in total. The zero-order valence-corrected chi connectivity index (χ0v) is 10.9. The Labute approximate surface area is 83.6 Å². The Balaban J connectivity index is 3.52. The Bertz CT molecular complexity index is 133. The van der Waals surface area contributed by atoms with Crippen LogP contribution < -0.4 is 0 Å². The average Bonchev–Trinajstić information content (AvgIpc) is 1.97. The molecule has 0 heterocycles. The van der Waals surface area contributed by atoms with Gasteiger partial charge in [-0.1, -0.05) is 26.9 Å². The highest BCUT2D eigenvalue weighted by Crippen LogP contribution is 2.19. The lowest BCUT2D eigenvalue weighted by Gasteiger charge is -2.26. The summed E-state index contributed by atoms with van der Waals surface area (Å²) in [6.45, 7) is 13.8. The minimum Gasteiger partial charge on any atom is -0.359 e. The van der Waals surface area contributed by atoms with Gasteiger partial charge in [0.05, 0.1) is 14.2 Å². The van der Waals surface area contributed by atoms with Crippen LogP contribution in [0.2, 0.25) is 18.6 Å². The van der Waals surface area contributed by atoms with Crippen LogP contribution in [0, 0.1) is 0 Å². The van der Waals surface area contributed by atoms with E-state index in [1.54, 1.807) is 0 Å². The summed E-state index contributed by atoms with van der Waals surface area (Å²) in [7, 11) is -1.15. The monoisotopic (exact) mass is 204 g/mol. The van der Waals surface area contributed by atoms with Gasteiger partial charge in [-0.25, -0.2) is 0 Å². The first-order valence-electron chi connectivity index (χ1n) is 5.05. The second-order valence-electron chi connectivity index (χ2n) is 4.83. The fourth-order valence-corrected chi connectivity index (χ4v) is 1.60. The van der Waals surface area contributed by atoms with Gasteiger partial charge in [-0.05, 0) is 19.4 Å². The van der Waals surface area contributed by atoms with E-state index < -0.39 is 8.07 Å². The smallest absolute Gasteiger partial charge is 0.146 e. The molecule has 0 aromatic carbocycles. The van der Waals surface area contributed by atoms with Gasteiger partial charge < -0.3 is 9.47 Å². The molecule has 13 heavy (non-hydrogen) atoms. The van der Waals surface area contributed by atoms with Crippen LogP contribution in [0.5, 0.6) is 0 Å². The van der Waals surface area contributed by atoms with Gasteiger partial charge >= 0.3 is 0 Å². The van der Waals surface area contributed by atoms with E-state index in [0.29, 0.717) is 6.79 Å². The van der Waals surface area contributed by atoms with Crippen molar-refractivity contribution in [2.45, 2.75) is 52.4 Å². The molecule has 0 bridgehead atoms. The maximum absolute atomic E-state index is 5.51. The number of ether oxygens (including phenoxy) is 2. The summed E-state index contributed by atoms with van der Waals surface area (Å²) in [6.07, 6.45) is 1.17. The molecule has 0 aliphatic heterocycles. The highest BCUT2D eigenvalue weighted by Gasteiger charge is 2.25. The lowest BCUT2D eigenvalue weighted by molar-refractivity contribution is -0.0669. The Morgan fingerprint density at radius 2 is 1.62 bits per heavy atom. The Morgan fingerprint density at radius 3 is 2.00 bits per heavy atom. The molecular weight excluding hydrogens is 180 g/mol. The third-order valence-corrected chi connectivity index (χ3v) is 6.60.